The predicted molar refractivity (Wildman–Crippen MR) is 156 cm³/mol. The van der Waals surface area contributed by atoms with E-state index in [0.29, 0.717) is 40.4 Å². The molecule has 1 unspecified atom stereocenters. The standard InChI is InChI=1S/C28H34ClN5O4S/c1-2-38-23-9-7-21(8-10-23)31-25(35)18-24-27(37)34(22-6-3-5-20(29)17-22)28(39)33(24)14-4-13-32-15-11-19(12-16-32)26(30)36/h3,5-10,17,19,24H,2,4,11-16,18H2,1H3,(H2,30,36)(H,31,35). The van der Waals surface area contributed by atoms with E-state index in [1.165, 1.54) is 4.90 Å². The third kappa shape index (κ3) is 7.26. The summed E-state index contributed by atoms with van der Waals surface area (Å²) in [7, 11) is 0. The average Bonchev–Trinajstić information content (AvgIpc) is 3.14. The summed E-state index contributed by atoms with van der Waals surface area (Å²) in [5.74, 6) is -0.121. The Hall–Kier alpha value is -3.21. The van der Waals surface area contributed by atoms with Crippen molar-refractivity contribution in [3.8, 4) is 5.75 Å². The highest BCUT2D eigenvalue weighted by Crippen LogP contribution is 2.29. The molecule has 3 N–H and O–H groups in total. The van der Waals surface area contributed by atoms with Crippen molar-refractivity contribution in [2.75, 3.05) is 43.0 Å². The number of benzene rings is 2. The van der Waals surface area contributed by atoms with Crippen LogP contribution in [0.15, 0.2) is 48.5 Å². The Morgan fingerprint density at radius 2 is 1.85 bits per heavy atom. The van der Waals surface area contributed by atoms with Gasteiger partial charge >= 0.3 is 0 Å². The van der Waals surface area contributed by atoms with Crippen LogP contribution in [0.5, 0.6) is 5.75 Å². The Balaban J connectivity index is 1.43. The van der Waals surface area contributed by atoms with Crippen LogP contribution in [0.3, 0.4) is 0 Å². The summed E-state index contributed by atoms with van der Waals surface area (Å²) in [4.78, 5) is 43.7. The van der Waals surface area contributed by atoms with E-state index in [4.69, 9.17) is 34.3 Å². The van der Waals surface area contributed by atoms with E-state index >= 15 is 0 Å². The van der Waals surface area contributed by atoms with Crippen LogP contribution in [0, 0.1) is 5.92 Å². The maximum absolute atomic E-state index is 13.6. The van der Waals surface area contributed by atoms with Crippen molar-refractivity contribution in [3.05, 3.63) is 53.6 Å². The van der Waals surface area contributed by atoms with Crippen LogP contribution in [0.1, 0.15) is 32.6 Å². The number of likely N-dealkylation sites (tertiary alicyclic amines) is 1. The van der Waals surface area contributed by atoms with Crippen LogP contribution in [0.2, 0.25) is 5.02 Å². The smallest absolute Gasteiger partial charge is 0.256 e. The molecular weight excluding hydrogens is 538 g/mol. The first-order valence-corrected chi connectivity index (χ1v) is 14.0. The zero-order valence-electron chi connectivity index (χ0n) is 22.0. The van der Waals surface area contributed by atoms with Crippen LogP contribution in [-0.4, -0.2) is 71.5 Å². The number of amides is 3. The number of carbonyl (C=O) groups excluding carboxylic acids is 3. The van der Waals surface area contributed by atoms with Gasteiger partial charge in [0.15, 0.2) is 5.11 Å². The Morgan fingerprint density at radius 3 is 2.49 bits per heavy atom. The van der Waals surface area contributed by atoms with Crippen LogP contribution < -0.4 is 20.7 Å². The quantitative estimate of drug-likeness (QED) is 0.396. The van der Waals surface area contributed by atoms with E-state index in [1.807, 2.05) is 11.8 Å². The zero-order chi connectivity index (χ0) is 27.9. The van der Waals surface area contributed by atoms with Crippen molar-refractivity contribution in [1.29, 1.82) is 0 Å². The van der Waals surface area contributed by atoms with Gasteiger partial charge in [-0.1, -0.05) is 17.7 Å². The number of nitrogens with one attached hydrogen (secondary N) is 1. The number of anilines is 2. The fourth-order valence-electron chi connectivity index (χ4n) is 5.03. The summed E-state index contributed by atoms with van der Waals surface area (Å²) in [6.07, 6.45) is 2.21. The molecule has 0 aliphatic carbocycles. The number of rotatable bonds is 11. The van der Waals surface area contributed by atoms with E-state index in [9.17, 15) is 14.4 Å². The number of ether oxygens (including phenoxy) is 1. The van der Waals surface area contributed by atoms with Crippen molar-refractivity contribution in [2.24, 2.45) is 11.7 Å². The lowest BCUT2D eigenvalue weighted by Crippen LogP contribution is -2.41. The van der Waals surface area contributed by atoms with E-state index in [2.05, 4.69) is 10.2 Å². The molecule has 1 atom stereocenters. The molecular formula is C28H34ClN5O4S. The molecule has 208 valence electrons. The van der Waals surface area contributed by atoms with Crippen molar-refractivity contribution in [3.63, 3.8) is 0 Å². The van der Waals surface area contributed by atoms with Gasteiger partial charge in [-0.15, -0.1) is 0 Å². The molecule has 39 heavy (non-hydrogen) atoms. The molecule has 4 rings (SSSR count). The molecule has 0 radical (unpaired) electrons. The maximum Gasteiger partial charge on any atom is 0.256 e. The van der Waals surface area contributed by atoms with Gasteiger partial charge in [-0.25, -0.2) is 0 Å². The van der Waals surface area contributed by atoms with Gasteiger partial charge in [0, 0.05) is 23.2 Å². The molecule has 9 nitrogen and oxygen atoms in total. The van der Waals surface area contributed by atoms with E-state index in [-0.39, 0.29) is 30.1 Å². The monoisotopic (exact) mass is 571 g/mol. The van der Waals surface area contributed by atoms with Gasteiger partial charge in [0.25, 0.3) is 5.91 Å². The van der Waals surface area contributed by atoms with Crippen LogP contribution in [0.4, 0.5) is 11.4 Å². The summed E-state index contributed by atoms with van der Waals surface area (Å²) in [5, 5.41) is 3.72. The third-order valence-corrected chi connectivity index (χ3v) is 7.73. The Bertz CT molecular complexity index is 1200. The second kappa shape index (κ2) is 13.2. The minimum absolute atomic E-state index is 0.0484. The fourth-order valence-corrected chi connectivity index (χ4v) is 5.63. The molecule has 11 heteroatoms. The van der Waals surface area contributed by atoms with Gasteiger partial charge < -0.3 is 25.6 Å². The highest BCUT2D eigenvalue weighted by Gasteiger charge is 2.44. The molecule has 2 aromatic carbocycles. The number of nitrogens with zero attached hydrogens (tertiary/aromatic N) is 3. The molecule has 0 aromatic heterocycles. The molecule has 2 fully saturated rings. The number of hydrogen-bond acceptors (Lipinski definition) is 6. The van der Waals surface area contributed by atoms with Crippen molar-refractivity contribution in [1.82, 2.24) is 9.80 Å². The molecule has 2 aliphatic heterocycles. The Labute approximate surface area is 239 Å². The first-order valence-electron chi connectivity index (χ1n) is 13.2. The number of piperidine rings is 1. The SMILES string of the molecule is CCOc1ccc(NC(=O)CC2C(=O)N(c3cccc(Cl)c3)C(=S)N2CCCN2CCC(C(N)=O)CC2)cc1. The van der Waals surface area contributed by atoms with Gasteiger partial charge in [0.1, 0.15) is 11.8 Å². The summed E-state index contributed by atoms with van der Waals surface area (Å²) in [6.45, 7) is 5.38. The predicted octanol–water partition coefficient (Wildman–Crippen LogP) is 3.66. The summed E-state index contributed by atoms with van der Waals surface area (Å²) in [6, 6.07) is 13.3. The first-order chi connectivity index (χ1) is 18.8. The van der Waals surface area contributed by atoms with Gasteiger partial charge in [0.2, 0.25) is 11.8 Å². The van der Waals surface area contributed by atoms with Crippen LogP contribution in [0.25, 0.3) is 0 Å². The van der Waals surface area contributed by atoms with E-state index in [1.54, 1.807) is 48.5 Å². The normalized spacial score (nSPS) is 18.5. The van der Waals surface area contributed by atoms with Gasteiger partial charge in [-0.05, 0) is 101 Å². The zero-order valence-corrected chi connectivity index (χ0v) is 23.5. The number of halogens is 1. The fraction of sp³-hybridized carbons (Fsp3) is 0.429. The van der Waals surface area contributed by atoms with Crippen LogP contribution >= 0.6 is 23.8 Å². The largest absolute Gasteiger partial charge is 0.494 e. The minimum Gasteiger partial charge on any atom is -0.494 e. The molecule has 0 spiro atoms. The molecule has 0 bridgehead atoms. The lowest BCUT2D eigenvalue weighted by atomic mass is 9.96. The topological polar surface area (TPSA) is 108 Å². The second-order valence-corrected chi connectivity index (χ2v) is 10.5. The van der Waals surface area contributed by atoms with Crippen molar-refractivity contribution in [2.45, 2.75) is 38.6 Å². The summed E-state index contributed by atoms with van der Waals surface area (Å²) >= 11 is 11.9. The number of carbonyl (C=O) groups is 3. The number of hydrogen-bond donors (Lipinski definition) is 2. The Kier molecular flexibility index (Phi) is 9.77. The van der Waals surface area contributed by atoms with Crippen molar-refractivity contribution < 1.29 is 19.1 Å². The molecule has 3 amide bonds. The number of thiocarbonyl (C=S) groups is 1. The average molecular weight is 572 g/mol. The third-order valence-electron chi connectivity index (χ3n) is 7.08. The summed E-state index contributed by atoms with van der Waals surface area (Å²) in [5.41, 5.74) is 6.65. The highest BCUT2D eigenvalue weighted by atomic mass is 35.5. The van der Waals surface area contributed by atoms with E-state index in [0.717, 1.165) is 38.9 Å². The molecule has 2 aromatic rings. The minimum atomic E-state index is -0.736. The number of nitrogens with two attached hydrogens (primary N) is 1. The summed E-state index contributed by atoms with van der Waals surface area (Å²) < 4.78 is 5.46. The lowest BCUT2D eigenvalue weighted by Gasteiger charge is -2.31. The lowest BCUT2D eigenvalue weighted by molar-refractivity contribution is -0.124. The maximum atomic E-state index is 13.6. The molecule has 2 saturated heterocycles. The van der Waals surface area contributed by atoms with Gasteiger partial charge in [-0.2, -0.15) is 0 Å². The first kappa shape index (κ1) is 28.8. The molecule has 0 saturated carbocycles. The molecule has 2 heterocycles. The van der Waals surface area contributed by atoms with Gasteiger partial charge in [0.05, 0.1) is 18.7 Å². The molecule has 2 aliphatic rings. The van der Waals surface area contributed by atoms with Gasteiger partial charge in [-0.3, -0.25) is 19.3 Å². The number of primary amides is 1. The highest BCUT2D eigenvalue weighted by molar-refractivity contribution is 7.80. The van der Waals surface area contributed by atoms with Crippen molar-refractivity contribution >= 4 is 58.0 Å². The van der Waals surface area contributed by atoms with E-state index < -0.39 is 6.04 Å². The second-order valence-electron chi connectivity index (χ2n) is 9.73. The Morgan fingerprint density at radius 1 is 1.13 bits per heavy atom. The van der Waals surface area contributed by atoms with Crippen LogP contribution in [-0.2, 0) is 14.4 Å².